The molecule has 0 saturated carbocycles. The van der Waals surface area contributed by atoms with Gasteiger partial charge in [-0.25, -0.2) is 9.67 Å². The van der Waals surface area contributed by atoms with Crippen molar-refractivity contribution >= 4 is 40.2 Å². The molecular formula is C23H15N5S2. The van der Waals surface area contributed by atoms with Gasteiger partial charge in [-0.05, 0) is 53.5 Å². The number of thioether (sulfide) groups is 1. The molecule has 0 radical (unpaired) electrons. The molecule has 5 rings (SSSR count). The summed E-state index contributed by atoms with van der Waals surface area (Å²) in [6, 6.07) is 24.1. The third-order valence-electron chi connectivity index (χ3n) is 4.49. The van der Waals surface area contributed by atoms with E-state index in [2.05, 4.69) is 16.0 Å². The van der Waals surface area contributed by atoms with Crippen LogP contribution in [0.2, 0.25) is 0 Å². The molecule has 3 aromatic heterocycles. The van der Waals surface area contributed by atoms with Crippen LogP contribution in [-0.2, 0) is 0 Å². The van der Waals surface area contributed by atoms with Crippen LogP contribution < -0.4 is 0 Å². The minimum Gasteiger partial charge on any atom is -0.333 e. The Kier molecular flexibility index (Phi) is 4.93. The Labute approximate surface area is 181 Å². The van der Waals surface area contributed by atoms with Crippen molar-refractivity contribution in [2.24, 2.45) is 0 Å². The maximum atomic E-state index is 9.76. The van der Waals surface area contributed by atoms with E-state index in [9.17, 15) is 5.26 Å². The summed E-state index contributed by atoms with van der Waals surface area (Å²) >= 11 is 2.95. The number of H-pyrrole nitrogens is 1. The number of imidazole rings is 1. The number of rotatable bonds is 5. The first-order chi connectivity index (χ1) is 14.8. The lowest BCUT2D eigenvalue weighted by molar-refractivity contribution is 0.885. The molecule has 0 fully saturated rings. The van der Waals surface area contributed by atoms with Crippen molar-refractivity contribution in [3.05, 3.63) is 88.8 Å². The smallest absolute Gasteiger partial charge is 0.171 e. The molecule has 144 valence electrons. The van der Waals surface area contributed by atoms with E-state index in [0.29, 0.717) is 10.1 Å². The number of fused-ring (bicyclic) bond motifs is 1. The molecule has 0 saturated heterocycles. The van der Waals surface area contributed by atoms with Crippen molar-refractivity contribution in [3.8, 4) is 22.3 Å². The van der Waals surface area contributed by atoms with E-state index in [1.165, 1.54) is 11.8 Å². The van der Waals surface area contributed by atoms with Crippen LogP contribution in [0.1, 0.15) is 5.56 Å². The molecule has 5 nitrogen and oxygen atoms in total. The Bertz CT molecular complexity index is 1340. The van der Waals surface area contributed by atoms with E-state index in [-0.39, 0.29) is 0 Å². The standard InChI is InChI=1S/C23H15N5S2/c24-14-18(30-23-25-19-9-4-5-10-20(19)26-23)13-16-15-28(17-7-2-1-3-8-17)27-22(16)21-11-6-12-29-21/h1-13,15H,(H,25,26)/b18-13+. The number of para-hydroxylation sites is 3. The van der Waals surface area contributed by atoms with Gasteiger partial charge >= 0.3 is 0 Å². The summed E-state index contributed by atoms with van der Waals surface area (Å²) in [5, 5.41) is 17.3. The maximum Gasteiger partial charge on any atom is 0.171 e. The third kappa shape index (κ3) is 3.66. The molecule has 0 aliphatic heterocycles. The predicted molar refractivity (Wildman–Crippen MR) is 122 cm³/mol. The van der Waals surface area contributed by atoms with Gasteiger partial charge in [0.2, 0.25) is 0 Å². The minimum atomic E-state index is 0.541. The van der Waals surface area contributed by atoms with Gasteiger partial charge in [0.1, 0.15) is 11.8 Å². The number of hydrogen-bond acceptors (Lipinski definition) is 5. The second-order valence-corrected chi connectivity index (χ2v) is 8.45. The summed E-state index contributed by atoms with van der Waals surface area (Å²) in [6.07, 6.45) is 3.83. The van der Waals surface area contributed by atoms with Crippen LogP contribution in [0.25, 0.3) is 33.4 Å². The predicted octanol–water partition coefficient (Wildman–Crippen LogP) is 6.13. The highest BCUT2D eigenvalue weighted by Gasteiger charge is 2.14. The minimum absolute atomic E-state index is 0.541. The lowest BCUT2D eigenvalue weighted by Gasteiger charge is -1.99. The summed E-state index contributed by atoms with van der Waals surface area (Å²) < 4.78 is 1.85. The highest BCUT2D eigenvalue weighted by Crippen LogP contribution is 2.32. The lowest BCUT2D eigenvalue weighted by atomic mass is 10.2. The fraction of sp³-hybridized carbons (Fsp3) is 0. The van der Waals surface area contributed by atoms with E-state index >= 15 is 0 Å². The van der Waals surface area contributed by atoms with Gasteiger partial charge in [-0.15, -0.1) is 11.3 Å². The fourth-order valence-electron chi connectivity index (χ4n) is 3.12. The molecule has 0 unspecified atom stereocenters. The highest BCUT2D eigenvalue weighted by atomic mass is 32.2. The first-order valence-electron chi connectivity index (χ1n) is 9.23. The van der Waals surface area contributed by atoms with Crippen LogP contribution >= 0.6 is 23.1 Å². The van der Waals surface area contributed by atoms with Gasteiger partial charge in [0.15, 0.2) is 5.16 Å². The Balaban J connectivity index is 1.54. The molecule has 0 aliphatic carbocycles. The van der Waals surface area contributed by atoms with Crippen LogP contribution in [0.5, 0.6) is 0 Å². The molecule has 0 amide bonds. The van der Waals surface area contributed by atoms with Crippen LogP contribution in [0.15, 0.2) is 88.4 Å². The summed E-state index contributed by atoms with van der Waals surface area (Å²) in [4.78, 5) is 9.42. The quantitative estimate of drug-likeness (QED) is 0.271. The number of nitriles is 1. The van der Waals surface area contributed by atoms with Crippen molar-refractivity contribution in [3.63, 3.8) is 0 Å². The monoisotopic (exact) mass is 425 g/mol. The first-order valence-corrected chi connectivity index (χ1v) is 10.9. The van der Waals surface area contributed by atoms with Crippen molar-refractivity contribution in [1.82, 2.24) is 19.7 Å². The second kappa shape index (κ2) is 8.03. The first kappa shape index (κ1) is 18.4. The number of allylic oxidation sites excluding steroid dienone is 1. The van der Waals surface area contributed by atoms with Crippen LogP contribution in [-0.4, -0.2) is 19.7 Å². The molecular weight excluding hydrogens is 410 g/mol. The number of aromatic amines is 1. The normalized spacial score (nSPS) is 11.6. The van der Waals surface area contributed by atoms with Crippen molar-refractivity contribution in [1.29, 1.82) is 5.26 Å². The molecule has 5 aromatic rings. The van der Waals surface area contributed by atoms with Gasteiger partial charge in [0.05, 0.1) is 26.5 Å². The van der Waals surface area contributed by atoms with E-state index in [4.69, 9.17) is 5.10 Å². The molecule has 0 aliphatic rings. The third-order valence-corrected chi connectivity index (χ3v) is 6.18. The summed E-state index contributed by atoms with van der Waals surface area (Å²) in [5.41, 5.74) is 4.55. The van der Waals surface area contributed by atoms with E-state index in [1.54, 1.807) is 11.3 Å². The van der Waals surface area contributed by atoms with E-state index < -0.39 is 0 Å². The van der Waals surface area contributed by atoms with Gasteiger partial charge in [-0.3, -0.25) is 0 Å². The van der Waals surface area contributed by atoms with Crippen molar-refractivity contribution < 1.29 is 0 Å². The molecule has 0 atom stereocenters. The topological polar surface area (TPSA) is 70.3 Å². The lowest BCUT2D eigenvalue weighted by Crippen LogP contribution is -1.93. The Hall–Kier alpha value is -3.60. The number of benzene rings is 2. The molecule has 7 heteroatoms. The molecule has 0 spiro atoms. The zero-order valence-corrected chi connectivity index (χ0v) is 17.3. The van der Waals surface area contributed by atoms with Crippen LogP contribution in [0.3, 0.4) is 0 Å². The van der Waals surface area contributed by atoms with Crippen LogP contribution in [0, 0.1) is 11.3 Å². The average molecular weight is 426 g/mol. The average Bonchev–Trinajstić information content (AvgIpc) is 3.52. The van der Waals surface area contributed by atoms with Gasteiger partial charge in [-0.1, -0.05) is 36.4 Å². The van der Waals surface area contributed by atoms with E-state index in [1.807, 2.05) is 89.1 Å². The van der Waals surface area contributed by atoms with Gasteiger partial charge < -0.3 is 4.98 Å². The van der Waals surface area contributed by atoms with Crippen molar-refractivity contribution in [2.75, 3.05) is 0 Å². The number of aromatic nitrogens is 4. The molecule has 1 N–H and O–H groups in total. The SMILES string of the molecule is N#C/C(=C\c1cn(-c2ccccc2)nc1-c1cccs1)Sc1nc2ccccc2[nH]1. The van der Waals surface area contributed by atoms with E-state index in [0.717, 1.165) is 32.9 Å². The number of thiophene rings is 1. The highest BCUT2D eigenvalue weighted by molar-refractivity contribution is 8.03. The summed E-state index contributed by atoms with van der Waals surface area (Å²) in [6.45, 7) is 0. The molecule has 0 bridgehead atoms. The zero-order valence-electron chi connectivity index (χ0n) is 15.7. The molecule has 30 heavy (non-hydrogen) atoms. The fourth-order valence-corrected chi connectivity index (χ4v) is 4.59. The Morgan fingerprint density at radius 2 is 1.90 bits per heavy atom. The zero-order chi connectivity index (χ0) is 20.3. The Morgan fingerprint density at radius 3 is 2.67 bits per heavy atom. The van der Waals surface area contributed by atoms with Gasteiger partial charge in [0, 0.05) is 11.8 Å². The summed E-state index contributed by atoms with van der Waals surface area (Å²) in [5.74, 6) is 0. The van der Waals surface area contributed by atoms with Gasteiger partial charge in [-0.2, -0.15) is 10.4 Å². The van der Waals surface area contributed by atoms with Crippen molar-refractivity contribution in [2.45, 2.75) is 5.16 Å². The number of hydrogen-bond donors (Lipinski definition) is 1. The second-order valence-electron chi connectivity index (χ2n) is 6.47. The van der Waals surface area contributed by atoms with Gasteiger partial charge in [0.25, 0.3) is 0 Å². The summed E-state index contributed by atoms with van der Waals surface area (Å²) in [7, 11) is 0. The molecule has 2 aromatic carbocycles. The Morgan fingerprint density at radius 1 is 1.07 bits per heavy atom. The maximum absolute atomic E-state index is 9.76. The number of nitrogens with zero attached hydrogens (tertiary/aromatic N) is 4. The molecule has 3 heterocycles. The largest absolute Gasteiger partial charge is 0.333 e. The number of nitrogens with one attached hydrogen (secondary N) is 1. The van der Waals surface area contributed by atoms with Crippen LogP contribution in [0.4, 0.5) is 0 Å².